The maximum Gasteiger partial charge on any atom is 0.328 e. The van der Waals surface area contributed by atoms with Gasteiger partial charge in [-0.05, 0) is 68.0 Å². The number of nitrogens with zero attached hydrogens (tertiary/aromatic N) is 2. The fourth-order valence-electron chi connectivity index (χ4n) is 5.83. The highest BCUT2D eigenvalue weighted by Crippen LogP contribution is 2.34. The maximum atomic E-state index is 14.0. The van der Waals surface area contributed by atoms with Crippen molar-refractivity contribution in [2.24, 2.45) is 5.92 Å². The van der Waals surface area contributed by atoms with E-state index in [2.05, 4.69) is 16.0 Å². The molecular weight excluding hydrogens is 598 g/mol. The van der Waals surface area contributed by atoms with Gasteiger partial charge in [0.05, 0.1) is 25.3 Å². The maximum absolute atomic E-state index is 14.0. The Morgan fingerprint density at radius 2 is 1.60 bits per heavy atom. The number of imide groups is 1. The van der Waals surface area contributed by atoms with Crippen LogP contribution in [0.5, 0.6) is 5.75 Å². The van der Waals surface area contributed by atoms with E-state index >= 15 is 0 Å². The number of benzene rings is 3. The molecule has 1 saturated heterocycles. The number of methoxy groups -OCH3 is 1. The second-order valence-electron chi connectivity index (χ2n) is 12.8. The summed E-state index contributed by atoms with van der Waals surface area (Å²) < 4.78 is 5.57. The number of ether oxygens (including phenoxy) is 1. The van der Waals surface area contributed by atoms with Gasteiger partial charge in [0.25, 0.3) is 5.91 Å². The summed E-state index contributed by atoms with van der Waals surface area (Å²) in [6.07, 6.45) is 0.403. The number of carboxylic acids is 1. The molecule has 0 saturated carbocycles. The molecule has 47 heavy (non-hydrogen) atoms. The molecular formula is C36H45N5O6. The first-order chi connectivity index (χ1) is 22.3. The van der Waals surface area contributed by atoms with Crippen LogP contribution in [-0.4, -0.2) is 64.1 Å². The number of rotatable bonds is 14. The van der Waals surface area contributed by atoms with Crippen molar-refractivity contribution in [2.45, 2.75) is 71.6 Å². The summed E-state index contributed by atoms with van der Waals surface area (Å²) in [7, 11) is 1.50. The van der Waals surface area contributed by atoms with Crippen molar-refractivity contribution in [3.63, 3.8) is 0 Å². The number of nitrogens with one attached hydrogen (secondary N) is 3. The standard InChI is InChI=1S/C36H45N5O6/c1-23(2)18-27(21-37-30(20-32(42)43)26-13-8-7-9-14-26)41-33(44)36(4,5)40(35(41)46)22-25-16-17-29(31(19-25)47-6)39-34(45)38-28-15-11-10-12-24(28)3/h7-17,19,23,27,30,37H,18,20-22H2,1-6H3,(H,42,43)(H2,38,39,45). The SMILES string of the molecule is COc1cc(CN2C(=O)N(C(CNC(CC(=O)O)c3ccccc3)CC(C)C)C(=O)C2(C)C)ccc1NC(=O)Nc1ccccc1C. The van der Waals surface area contributed by atoms with Crippen LogP contribution in [0.3, 0.4) is 0 Å². The molecule has 4 N–H and O–H groups in total. The van der Waals surface area contributed by atoms with Crippen LogP contribution in [0.1, 0.15) is 63.3 Å². The highest BCUT2D eigenvalue weighted by Gasteiger charge is 2.53. The number of carboxylic acid groups (broad SMARTS) is 1. The van der Waals surface area contributed by atoms with Gasteiger partial charge in [-0.2, -0.15) is 0 Å². The van der Waals surface area contributed by atoms with E-state index in [4.69, 9.17) is 4.74 Å². The lowest BCUT2D eigenvalue weighted by Gasteiger charge is -2.30. The van der Waals surface area contributed by atoms with E-state index in [0.29, 0.717) is 29.1 Å². The van der Waals surface area contributed by atoms with Crippen molar-refractivity contribution in [2.75, 3.05) is 24.3 Å². The molecule has 11 heteroatoms. The molecule has 11 nitrogen and oxygen atoms in total. The van der Waals surface area contributed by atoms with Gasteiger partial charge >= 0.3 is 18.0 Å². The highest BCUT2D eigenvalue weighted by molar-refractivity contribution is 6.07. The second kappa shape index (κ2) is 15.1. The van der Waals surface area contributed by atoms with Gasteiger partial charge in [-0.3, -0.25) is 14.5 Å². The molecule has 3 aromatic carbocycles. The molecule has 1 aliphatic heterocycles. The Morgan fingerprint density at radius 3 is 2.23 bits per heavy atom. The van der Waals surface area contributed by atoms with Crippen molar-refractivity contribution in [3.8, 4) is 5.75 Å². The zero-order valence-electron chi connectivity index (χ0n) is 27.9. The average Bonchev–Trinajstić information content (AvgIpc) is 3.19. The number of carbonyl (C=O) groups is 4. The zero-order valence-corrected chi connectivity index (χ0v) is 27.9. The molecule has 1 heterocycles. The monoisotopic (exact) mass is 643 g/mol. The zero-order chi connectivity index (χ0) is 34.3. The largest absolute Gasteiger partial charge is 0.495 e. The smallest absolute Gasteiger partial charge is 0.328 e. The quantitative estimate of drug-likeness (QED) is 0.149. The highest BCUT2D eigenvalue weighted by atomic mass is 16.5. The molecule has 1 fully saturated rings. The lowest BCUT2D eigenvalue weighted by molar-refractivity contribution is -0.138. The number of para-hydroxylation sites is 1. The first-order valence-electron chi connectivity index (χ1n) is 15.8. The van der Waals surface area contributed by atoms with Crippen molar-refractivity contribution in [1.82, 2.24) is 15.1 Å². The second-order valence-corrected chi connectivity index (χ2v) is 12.8. The fraction of sp³-hybridized carbons (Fsp3) is 0.389. The minimum Gasteiger partial charge on any atom is -0.495 e. The van der Waals surface area contributed by atoms with E-state index in [9.17, 15) is 24.3 Å². The number of urea groups is 2. The predicted molar refractivity (Wildman–Crippen MR) is 181 cm³/mol. The third kappa shape index (κ3) is 8.48. The Kier molecular flexibility index (Phi) is 11.3. The minimum absolute atomic E-state index is 0.133. The number of aryl methyl sites for hydroxylation is 1. The van der Waals surface area contributed by atoms with Crippen LogP contribution in [0.2, 0.25) is 0 Å². The summed E-state index contributed by atoms with van der Waals surface area (Å²) in [5.41, 5.74) is 2.46. The molecule has 250 valence electrons. The molecule has 4 rings (SSSR count). The Morgan fingerprint density at radius 1 is 0.936 bits per heavy atom. The molecule has 2 atom stereocenters. The summed E-state index contributed by atoms with van der Waals surface area (Å²) >= 11 is 0. The number of hydrogen-bond donors (Lipinski definition) is 4. The number of aliphatic carboxylic acids is 1. The molecule has 2 unspecified atom stereocenters. The lowest BCUT2D eigenvalue weighted by Crippen LogP contribution is -2.48. The summed E-state index contributed by atoms with van der Waals surface area (Å²) in [4.78, 5) is 55.2. The van der Waals surface area contributed by atoms with E-state index in [-0.39, 0.29) is 31.3 Å². The van der Waals surface area contributed by atoms with E-state index < -0.39 is 35.7 Å². The summed E-state index contributed by atoms with van der Waals surface area (Å²) in [6, 6.07) is 20.1. The van der Waals surface area contributed by atoms with Gasteiger partial charge in [0, 0.05) is 24.8 Å². The van der Waals surface area contributed by atoms with E-state index in [1.165, 1.54) is 12.0 Å². The van der Waals surface area contributed by atoms with Gasteiger partial charge < -0.3 is 30.7 Å². The Bertz CT molecular complexity index is 1590. The molecule has 0 bridgehead atoms. The average molecular weight is 644 g/mol. The minimum atomic E-state index is -1.14. The normalized spacial score (nSPS) is 15.5. The summed E-state index contributed by atoms with van der Waals surface area (Å²) in [5.74, 6) is -0.692. The van der Waals surface area contributed by atoms with Crippen molar-refractivity contribution in [3.05, 3.63) is 89.5 Å². The van der Waals surface area contributed by atoms with Crippen LogP contribution < -0.4 is 20.7 Å². The molecule has 5 amide bonds. The summed E-state index contributed by atoms with van der Waals surface area (Å²) in [6.45, 7) is 9.78. The van der Waals surface area contributed by atoms with E-state index in [0.717, 1.165) is 11.1 Å². The Labute approximate surface area is 276 Å². The van der Waals surface area contributed by atoms with Gasteiger partial charge in [-0.15, -0.1) is 0 Å². The van der Waals surface area contributed by atoms with Gasteiger partial charge in [0.15, 0.2) is 0 Å². The Hall–Kier alpha value is -4.90. The van der Waals surface area contributed by atoms with E-state index in [1.807, 2.05) is 75.4 Å². The third-order valence-electron chi connectivity index (χ3n) is 8.39. The van der Waals surface area contributed by atoms with Gasteiger partial charge in [0.2, 0.25) is 0 Å². The first-order valence-corrected chi connectivity index (χ1v) is 15.8. The molecule has 0 radical (unpaired) electrons. The topological polar surface area (TPSA) is 140 Å². The molecule has 1 aliphatic rings. The Balaban J connectivity index is 1.52. The van der Waals surface area contributed by atoms with Gasteiger partial charge in [0.1, 0.15) is 11.3 Å². The molecule has 3 aromatic rings. The molecule has 0 aliphatic carbocycles. The lowest BCUT2D eigenvalue weighted by atomic mass is 9.98. The van der Waals surface area contributed by atoms with Crippen molar-refractivity contribution in [1.29, 1.82) is 0 Å². The number of carbonyl (C=O) groups excluding carboxylic acids is 3. The van der Waals surface area contributed by atoms with Gasteiger partial charge in [-0.1, -0.05) is 68.4 Å². The van der Waals surface area contributed by atoms with Crippen LogP contribution >= 0.6 is 0 Å². The van der Waals surface area contributed by atoms with Crippen LogP contribution in [0.15, 0.2) is 72.8 Å². The molecule has 0 spiro atoms. The van der Waals surface area contributed by atoms with Crippen LogP contribution in [0, 0.1) is 12.8 Å². The molecule has 0 aromatic heterocycles. The summed E-state index contributed by atoms with van der Waals surface area (Å²) in [5, 5.41) is 18.5. The van der Waals surface area contributed by atoms with Gasteiger partial charge in [-0.25, -0.2) is 9.59 Å². The van der Waals surface area contributed by atoms with Crippen LogP contribution in [0.25, 0.3) is 0 Å². The van der Waals surface area contributed by atoms with Crippen LogP contribution in [-0.2, 0) is 16.1 Å². The van der Waals surface area contributed by atoms with Crippen molar-refractivity contribution >= 4 is 35.3 Å². The first kappa shape index (κ1) is 35.0. The number of hydrogen-bond acceptors (Lipinski definition) is 6. The number of amides is 5. The third-order valence-corrected chi connectivity index (χ3v) is 8.39. The predicted octanol–water partition coefficient (Wildman–Crippen LogP) is 6.41. The fourth-order valence-corrected chi connectivity index (χ4v) is 5.83. The van der Waals surface area contributed by atoms with E-state index in [1.54, 1.807) is 36.9 Å². The van der Waals surface area contributed by atoms with Crippen molar-refractivity contribution < 1.29 is 29.0 Å². The number of anilines is 2. The van der Waals surface area contributed by atoms with Crippen LogP contribution in [0.4, 0.5) is 21.0 Å².